The highest BCUT2D eigenvalue weighted by Gasteiger charge is 2.27. The van der Waals surface area contributed by atoms with Gasteiger partial charge in [0, 0.05) is 54.2 Å². The first-order chi connectivity index (χ1) is 15.3. The lowest BCUT2D eigenvalue weighted by molar-refractivity contribution is 0.552. The maximum atomic E-state index is 12.9. The highest BCUT2D eigenvalue weighted by molar-refractivity contribution is 7.83. The minimum atomic E-state index is -1.24. The summed E-state index contributed by atoms with van der Waals surface area (Å²) in [6, 6.07) is 8.58. The molecule has 31 heavy (non-hydrogen) atoms. The van der Waals surface area contributed by atoms with Crippen LogP contribution in [0.15, 0.2) is 81.6 Å². The quantitative estimate of drug-likeness (QED) is 0.713. The van der Waals surface area contributed by atoms with Crippen molar-refractivity contribution in [3.63, 3.8) is 0 Å². The largest absolute Gasteiger partial charge is 0.306 e. The van der Waals surface area contributed by atoms with Gasteiger partial charge in [-0.25, -0.2) is 8.93 Å². The number of nitrogens with one attached hydrogen (secondary N) is 2. The molecule has 1 fully saturated rings. The van der Waals surface area contributed by atoms with Gasteiger partial charge >= 0.3 is 0 Å². The summed E-state index contributed by atoms with van der Waals surface area (Å²) in [4.78, 5) is 9.30. The molecule has 1 aromatic carbocycles. The number of allylic oxidation sites excluding steroid dienone is 4. The van der Waals surface area contributed by atoms with Crippen LogP contribution in [0.3, 0.4) is 0 Å². The van der Waals surface area contributed by atoms with Crippen LogP contribution < -0.4 is 10.0 Å². The Hall–Kier alpha value is -2.41. The van der Waals surface area contributed by atoms with E-state index in [0.717, 1.165) is 54.2 Å². The zero-order valence-corrected chi connectivity index (χ0v) is 18.4. The lowest BCUT2D eigenvalue weighted by Gasteiger charge is -2.22. The molecule has 0 saturated carbocycles. The van der Waals surface area contributed by atoms with Gasteiger partial charge in [-0.1, -0.05) is 29.9 Å². The molecule has 2 aromatic rings. The molecule has 6 heteroatoms. The van der Waals surface area contributed by atoms with Crippen LogP contribution in [-0.2, 0) is 11.0 Å². The fourth-order valence-corrected chi connectivity index (χ4v) is 5.83. The first kappa shape index (κ1) is 20.5. The Kier molecular flexibility index (Phi) is 6.20. The molecule has 2 N–H and O–H groups in total. The van der Waals surface area contributed by atoms with Gasteiger partial charge in [0.15, 0.2) is 0 Å². The second-order valence-electron chi connectivity index (χ2n) is 8.42. The van der Waals surface area contributed by atoms with E-state index in [2.05, 4.69) is 32.2 Å². The highest BCUT2D eigenvalue weighted by Crippen LogP contribution is 2.31. The number of benzene rings is 1. The number of aromatic nitrogens is 1. The molecule has 0 spiro atoms. The Bertz CT molecular complexity index is 1110. The van der Waals surface area contributed by atoms with E-state index in [1.54, 1.807) is 6.20 Å². The van der Waals surface area contributed by atoms with E-state index in [9.17, 15) is 4.21 Å². The van der Waals surface area contributed by atoms with Crippen LogP contribution >= 0.6 is 0 Å². The lowest BCUT2D eigenvalue weighted by Crippen LogP contribution is -2.38. The van der Waals surface area contributed by atoms with E-state index >= 15 is 0 Å². The Morgan fingerprint density at radius 1 is 1.10 bits per heavy atom. The number of nitrogens with zero attached hydrogens (tertiary/aromatic N) is 2. The lowest BCUT2D eigenvalue weighted by atomic mass is 9.88. The Balaban J connectivity index is 1.17. The molecule has 3 heterocycles. The zero-order chi connectivity index (χ0) is 21.0. The summed E-state index contributed by atoms with van der Waals surface area (Å²) in [5.74, 6) is 0. The van der Waals surface area contributed by atoms with Crippen molar-refractivity contribution in [1.82, 2.24) is 15.0 Å². The van der Waals surface area contributed by atoms with Crippen LogP contribution in [-0.4, -0.2) is 34.0 Å². The molecular formula is C25H28N4OS. The minimum Gasteiger partial charge on any atom is -0.306 e. The third kappa shape index (κ3) is 4.61. The molecule has 5 rings (SSSR count). The normalized spacial score (nSPS) is 24.6. The zero-order valence-electron chi connectivity index (χ0n) is 17.6. The first-order valence-corrected chi connectivity index (χ1v) is 12.3. The monoisotopic (exact) mass is 432 g/mol. The summed E-state index contributed by atoms with van der Waals surface area (Å²) < 4.78 is 16.1. The standard InChI is InChI=1S/C25H28N4OS/c30-31(25-5-1-3-21-16-27-14-12-23(21)25)28-17-22-10-11-24(29-22)19-8-6-18(7-9-19)20-4-2-13-26-15-20/h1,3,5-6,8,12-16,22,24,28-29H,2,4,7,9-11,17H2. The minimum absolute atomic E-state index is 0.340. The van der Waals surface area contributed by atoms with Crippen molar-refractivity contribution in [2.75, 3.05) is 6.54 Å². The smallest absolute Gasteiger partial charge is 0.125 e. The van der Waals surface area contributed by atoms with E-state index in [-0.39, 0.29) is 0 Å². The van der Waals surface area contributed by atoms with E-state index < -0.39 is 11.0 Å². The molecule has 0 bridgehead atoms. The van der Waals surface area contributed by atoms with Crippen molar-refractivity contribution in [2.24, 2.45) is 4.99 Å². The maximum absolute atomic E-state index is 12.9. The summed E-state index contributed by atoms with van der Waals surface area (Å²) in [5.41, 5.74) is 4.33. The molecule has 1 saturated heterocycles. The first-order valence-electron chi connectivity index (χ1n) is 11.1. The van der Waals surface area contributed by atoms with Crippen LogP contribution in [0.4, 0.5) is 0 Å². The number of fused-ring (bicyclic) bond motifs is 1. The number of aliphatic imine (C=N–C) groups is 1. The van der Waals surface area contributed by atoms with Crippen molar-refractivity contribution in [3.05, 3.63) is 71.7 Å². The number of hydrogen-bond acceptors (Lipinski definition) is 4. The van der Waals surface area contributed by atoms with Gasteiger partial charge in [-0.15, -0.1) is 0 Å². The van der Waals surface area contributed by atoms with E-state index in [1.807, 2.05) is 42.9 Å². The van der Waals surface area contributed by atoms with Crippen LogP contribution in [0, 0.1) is 0 Å². The van der Waals surface area contributed by atoms with Crippen molar-refractivity contribution in [3.8, 4) is 0 Å². The third-order valence-corrected chi connectivity index (χ3v) is 7.65. The molecule has 5 nitrogen and oxygen atoms in total. The molecule has 3 unspecified atom stereocenters. The van der Waals surface area contributed by atoms with Crippen molar-refractivity contribution in [2.45, 2.75) is 55.5 Å². The van der Waals surface area contributed by atoms with Gasteiger partial charge in [0.05, 0.1) is 4.90 Å². The third-order valence-electron chi connectivity index (χ3n) is 6.46. The van der Waals surface area contributed by atoms with Gasteiger partial charge in [-0.05, 0) is 61.8 Å². The fourth-order valence-electron chi connectivity index (χ4n) is 4.74. The second-order valence-corrected chi connectivity index (χ2v) is 9.69. The molecule has 2 aliphatic heterocycles. The molecular weight excluding hydrogens is 404 g/mol. The van der Waals surface area contributed by atoms with Crippen LogP contribution in [0.1, 0.15) is 38.5 Å². The van der Waals surface area contributed by atoms with Gasteiger partial charge in [-0.3, -0.25) is 9.98 Å². The van der Waals surface area contributed by atoms with Gasteiger partial charge in [0.1, 0.15) is 11.0 Å². The second kappa shape index (κ2) is 9.39. The van der Waals surface area contributed by atoms with Crippen LogP contribution in [0.25, 0.3) is 10.8 Å². The van der Waals surface area contributed by atoms with Crippen molar-refractivity contribution >= 4 is 28.0 Å². The van der Waals surface area contributed by atoms with Crippen molar-refractivity contribution in [1.29, 1.82) is 0 Å². The highest BCUT2D eigenvalue weighted by atomic mass is 32.2. The van der Waals surface area contributed by atoms with E-state index in [0.29, 0.717) is 18.6 Å². The Labute approximate surface area is 186 Å². The molecule has 3 aliphatic rings. The molecule has 1 aromatic heterocycles. The number of pyridine rings is 1. The molecule has 0 radical (unpaired) electrons. The van der Waals surface area contributed by atoms with Gasteiger partial charge in [-0.2, -0.15) is 0 Å². The average molecular weight is 433 g/mol. The number of rotatable bonds is 6. The predicted octanol–water partition coefficient (Wildman–Crippen LogP) is 4.36. The summed E-state index contributed by atoms with van der Waals surface area (Å²) in [6.07, 6.45) is 18.8. The van der Waals surface area contributed by atoms with Gasteiger partial charge in [0.2, 0.25) is 0 Å². The summed E-state index contributed by atoms with van der Waals surface area (Å²) in [7, 11) is -1.24. The molecule has 160 valence electrons. The topological polar surface area (TPSA) is 66.4 Å². The van der Waals surface area contributed by atoms with Gasteiger partial charge in [0.25, 0.3) is 0 Å². The SMILES string of the molecule is O=S(NCC1CCC(C2=CC=C(C3=CN=CCC3)CC2)N1)c1cccc2cnccc12. The van der Waals surface area contributed by atoms with E-state index in [4.69, 9.17) is 0 Å². The van der Waals surface area contributed by atoms with Crippen LogP contribution in [0.5, 0.6) is 0 Å². The summed E-state index contributed by atoms with van der Waals surface area (Å²) in [6.45, 7) is 0.698. The predicted molar refractivity (Wildman–Crippen MR) is 127 cm³/mol. The molecule has 0 amide bonds. The summed E-state index contributed by atoms with van der Waals surface area (Å²) >= 11 is 0. The Morgan fingerprint density at radius 3 is 2.90 bits per heavy atom. The molecule has 1 aliphatic carbocycles. The average Bonchev–Trinajstić information content (AvgIpc) is 3.32. The number of hydrogen-bond donors (Lipinski definition) is 2. The van der Waals surface area contributed by atoms with Crippen molar-refractivity contribution < 1.29 is 4.21 Å². The summed E-state index contributed by atoms with van der Waals surface area (Å²) in [5, 5.41) is 5.77. The molecule has 3 atom stereocenters. The van der Waals surface area contributed by atoms with Gasteiger partial charge < -0.3 is 5.32 Å². The maximum Gasteiger partial charge on any atom is 0.125 e. The van der Waals surface area contributed by atoms with E-state index in [1.165, 1.54) is 16.7 Å². The Morgan fingerprint density at radius 2 is 2.06 bits per heavy atom. The fraction of sp³-hybridized carbons (Fsp3) is 0.360. The van der Waals surface area contributed by atoms with Crippen LogP contribution in [0.2, 0.25) is 0 Å².